The summed E-state index contributed by atoms with van der Waals surface area (Å²) in [5.74, 6) is -4.12. The minimum absolute atomic E-state index is 0.0226. The first-order chi connectivity index (χ1) is 30.4. The molecule has 2 heterocycles. The number of benzene rings is 4. The fourth-order valence-electron chi connectivity index (χ4n) is 5.86. The van der Waals surface area contributed by atoms with E-state index >= 15 is 9.18 Å². The number of hydrogen-bond donors (Lipinski definition) is 0. The molecule has 12 heteroatoms. The second-order valence-corrected chi connectivity index (χ2v) is 13.0. The first-order valence-electron chi connectivity index (χ1n) is 22.7. The van der Waals surface area contributed by atoms with Crippen molar-refractivity contribution >= 4 is 28.6 Å². The van der Waals surface area contributed by atoms with Crippen LogP contribution < -0.4 is 5.43 Å². The van der Waals surface area contributed by atoms with Crippen LogP contribution in [0.15, 0.2) is 101 Å². The van der Waals surface area contributed by atoms with E-state index in [1.807, 2.05) is 0 Å². The molecule has 0 atom stereocenters. The molecule has 0 N–H and O–H groups in total. The molecular formula is C41H40F5N3O3S. The Bertz CT molecular complexity index is 2710. The number of amides is 1. The van der Waals surface area contributed by atoms with Gasteiger partial charge >= 0.3 is 6.18 Å². The van der Waals surface area contributed by atoms with Gasteiger partial charge in [0.05, 0.1) is 37.7 Å². The highest BCUT2D eigenvalue weighted by Gasteiger charge is 2.31. The Morgan fingerprint density at radius 2 is 1.72 bits per heavy atom. The summed E-state index contributed by atoms with van der Waals surface area (Å²) in [6.07, 6.45) is -4.71. The lowest BCUT2D eigenvalue weighted by Gasteiger charge is -2.39. The fourth-order valence-corrected chi connectivity index (χ4v) is 6.63. The Labute approximate surface area is 327 Å². The van der Waals surface area contributed by atoms with E-state index in [2.05, 4.69) is 4.74 Å². The number of halogens is 5. The first kappa shape index (κ1) is 24.7. The van der Waals surface area contributed by atoms with Gasteiger partial charge in [0.2, 0.25) is 5.91 Å². The van der Waals surface area contributed by atoms with Gasteiger partial charge in [-0.3, -0.25) is 9.59 Å². The average Bonchev–Trinajstić information content (AvgIpc) is 3.22. The summed E-state index contributed by atoms with van der Waals surface area (Å²) in [6.45, 7) is -5.78. The van der Waals surface area contributed by atoms with Crippen molar-refractivity contribution in [2.45, 2.75) is 55.8 Å². The summed E-state index contributed by atoms with van der Waals surface area (Å²) in [6, 6.07) is 8.39. The molecule has 4 aromatic carbocycles. The predicted octanol–water partition coefficient (Wildman–Crippen LogP) is 8.71. The third kappa shape index (κ3) is 9.17. The first-order valence-corrected chi connectivity index (χ1v) is 17.1. The van der Waals surface area contributed by atoms with E-state index in [9.17, 15) is 25.1 Å². The van der Waals surface area contributed by atoms with E-state index in [4.69, 9.17) is 15.1 Å². The maximum Gasteiger partial charge on any atom is 0.416 e. The maximum absolute atomic E-state index is 15.1. The number of carbonyl (C=O) groups is 1. The monoisotopic (exact) mass is 762 g/mol. The highest BCUT2D eigenvalue weighted by molar-refractivity contribution is 7.98. The van der Waals surface area contributed by atoms with Crippen LogP contribution in [0, 0.1) is 18.6 Å². The Kier molecular flexibility index (Phi) is 7.77. The van der Waals surface area contributed by atoms with E-state index in [0.717, 1.165) is 39.8 Å². The minimum atomic E-state index is -4.59. The van der Waals surface area contributed by atoms with E-state index in [1.165, 1.54) is 48.2 Å². The van der Waals surface area contributed by atoms with Crippen LogP contribution in [0.4, 0.5) is 22.0 Å². The Balaban J connectivity index is 1.47. The lowest BCUT2D eigenvalue weighted by Crippen LogP contribution is -2.48. The van der Waals surface area contributed by atoms with E-state index in [1.54, 1.807) is 0 Å². The number of methoxy groups -OCH3 is 1. The summed E-state index contributed by atoms with van der Waals surface area (Å²) in [7, 11) is -3.07. The van der Waals surface area contributed by atoms with Crippen LogP contribution in [0.2, 0.25) is 0 Å². The minimum Gasteiger partial charge on any atom is -0.383 e. The van der Waals surface area contributed by atoms with Crippen LogP contribution in [-0.2, 0) is 34.5 Å². The van der Waals surface area contributed by atoms with Gasteiger partial charge in [-0.25, -0.2) is 8.78 Å². The number of nitrogens with zero attached hydrogens (tertiary/aromatic N) is 3. The van der Waals surface area contributed by atoms with Gasteiger partial charge in [-0.1, -0.05) is 54.6 Å². The number of rotatable bonds is 12. The van der Waals surface area contributed by atoms with Crippen LogP contribution in [0.5, 0.6) is 0 Å². The highest BCUT2D eigenvalue weighted by Crippen LogP contribution is 2.32. The van der Waals surface area contributed by atoms with E-state index in [0.29, 0.717) is 11.1 Å². The second kappa shape index (κ2) is 16.7. The Morgan fingerprint density at radius 1 is 1.02 bits per heavy atom. The van der Waals surface area contributed by atoms with Gasteiger partial charge in [0, 0.05) is 64.6 Å². The molecule has 1 aliphatic rings. The van der Waals surface area contributed by atoms with Crippen LogP contribution in [0.25, 0.3) is 22.0 Å². The summed E-state index contributed by atoms with van der Waals surface area (Å²) < 4.78 is 185. The van der Waals surface area contributed by atoms with Crippen molar-refractivity contribution in [2.75, 3.05) is 33.2 Å². The number of pyridine rings is 1. The molecule has 0 unspecified atom stereocenters. The molecule has 53 heavy (non-hydrogen) atoms. The van der Waals surface area contributed by atoms with Crippen molar-refractivity contribution in [3.63, 3.8) is 0 Å². The number of carbonyl (C=O) groups excluding carboxylic acids is 1. The molecule has 5 aromatic rings. The summed E-state index contributed by atoms with van der Waals surface area (Å²) >= 11 is 0.0226. The van der Waals surface area contributed by atoms with E-state index in [-0.39, 0.29) is 48.8 Å². The Morgan fingerprint density at radius 3 is 2.40 bits per heavy atom. The lowest BCUT2D eigenvalue weighted by atomic mass is 10.00. The number of thioether (sulfide) groups is 1. The summed E-state index contributed by atoms with van der Waals surface area (Å²) in [4.78, 5) is 31.3. The number of hydrogen-bond acceptors (Lipinski definition) is 5. The third-order valence-electron chi connectivity index (χ3n) is 8.61. The molecule has 0 spiro atoms. The van der Waals surface area contributed by atoms with Crippen LogP contribution >= 0.6 is 11.8 Å². The Hall–Kier alpha value is -4.52. The molecule has 1 fully saturated rings. The standard InChI is InChI=1S/C41H40F5N3O3S/c1-27-6-15-34-36(22-27)49(39(23-37(34)50)53-26-31-4-3-5-35(42)40(31)43)25-38(51)48(33-16-18-47(19-17-33)20-21-52-2)24-28-7-9-29(10-8-28)30-11-13-32(14-12-30)41(44,45)46/h3-15,22-23,33H,16-21,24-26H2,1-2H3/i2D3,6D,15D,21D2,22D,23D,24D2,26D2. The normalized spacial score (nSPS) is 18.8. The topological polar surface area (TPSA) is 54.8 Å². The van der Waals surface area contributed by atoms with Gasteiger partial charge in [0.15, 0.2) is 17.1 Å². The van der Waals surface area contributed by atoms with Gasteiger partial charge in [-0.15, -0.1) is 11.8 Å². The van der Waals surface area contributed by atoms with Gasteiger partial charge in [-0.05, 0) is 72.3 Å². The highest BCUT2D eigenvalue weighted by atomic mass is 32.2. The molecule has 0 bridgehead atoms. The van der Waals surface area contributed by atoms with Crippen molar-refractivity contribution in [2.24, 2.45) is 0 Å². The molecule has 0 radical (unpaired) electrons. The lowest BCUT2D eigenvalue weighted by molar-refractivity contribution is -0.137. The molecule has 1 amide bonds. The quantitative estimate of drug-likeness (QED) is 0.0941. The molecule has 278 valence electrons. The smallest absolute Gasteiger partial charge is 0.383 e. The third-order valence-corrected chi connectivity index (χ3v) is 9.45. The zero-order valence-electron chi connectivity index (χ0n) is 41.0. The molecule has 0 saturated carbocycles. The SMILES string of the molecule is [2H]c1c(C)c([2H])c2c(c1[2H])c(=O)c([2H])c(SC([2H])([2H])c1cccc(F)c1F)n2CC(=O)N(C1CCN(CC([2H])([2H])OC([2H])([2H])[2H])CC1)C([2H])([2H])c1ccc(-c2ccc(C(F)(F)F)cc2)cc1. The van der Waals surface area contributed by atoms with Crippen LogP contribution in [0.1, 0.15) is 52.9 Å². The number of piperidine rings is 1. The number of alkyl halides is 3. The molecule has 6 rings (SSSR count). The van der Waals surface area contributed by atoms with Crippen LogP contribution in [0.3, 0.4) is 0 Å². The zero-order valence-corrected chi connectivity index (χ0v) is 28.9. The van der Waals surface area contributed by atoms with Crippen molar-refractivity contribution in [3.8, 4) is 11.1 Å². The van der Waals surface area contributed by atoms with Crippen molar-refractivity contribution in [1.29, 1.82) is 0 Å². The molecule has 0 aliphatic carbocycles. The van der Waals surface area contributed by atoms with Crippen LogP contribution in [-0.4, -0.2) is 59.5 Å². The predicted molar refractivity (Wildman–Crippen MR) is 198 cm³/mol. The van der Waals surface area contributed by atoms with Crippen molar-refractivity contribution in [3.05, 3.63) is 135 Å². The number of fused-ring (bicyclic) bond motifs is 1. The number of likely N-dealkylation sites (tertiary alicyclic amines) is 1. The molecule has 6 nitrogen and oxygen atoms in total. The summed E-state index contributed by atoms with van der Waals surface area (Å²) in [5, 5.41) is -1.35. The molecular weight excluding hydrogens is 710 g/mol. The molecule has 1 aliphatic heterocycles. The van der Waals surface area contributed by atoms with Crippen molar-refractivity contribution < 1.29 is 49.3 Å². The van der Waals surface area contributed by atoms with Crippen molar-refractivity contribution in [1.82, 2.24) is 14.4 Å². The van der Waals surface area contributed by atoms with Gasteiger partial charge in [0.1, 0.15) is 6.54 Å². The summed E-state index contributed by atoms with van der Waals surface area (Å²) in [5.41, 5.74) is -6.03. The van der Waals surface area contributed by atoms with E-state index < -0.39 is 125 Å². The van der Waals surface area contributed by atoms with Gasteiger partial charge in [-0.2, -0.15) is 13.2 Å². The van der Waals surface area contributed by atoms with Gasteiger partial charge < -0.3 is 19.1 Å². The van der Waals surface area contributed by atoms with Gasteiger partial charge in [0.25, 0.3) is 0 Å². The number of aromatic nitrogens is 1. The average molecular weight is 763 g/mol. The fraction of sp³-hybridized carbons (Fsp3) is 0.317. The molecule has 1 saturated heterocycles. The largest absolute Gasteiger partial charge is 0.416 e. The zero-order chi connectivity index (χ0) is 49.1. The second-order valence-electron chi connectivity index (χ2n) is 12.2. The molecule has 1 aromatic heterocycles. The maximum atomic E-state index is 15.1. The number of ether oxygens (including phenoxy) is 1.